The largest absolute Gasteiger partial charge is 0.492 e. The molecule has 1 amide bonds. The topological polar surface area (TPSA) is 75.7 Å². The maximum absolute atomic E-state index is 13.1. The molecule has 1 N–H and O–H groups in total. The van der Waals surface area contributed by atoms with Crippen LogP contribution >= 0.6 is 0 Å². The Labute approximate surface area is 161 Å². The molecule has 148 valence electrons. The minimum Gasteiger partial charge on any atom is -0.492 e. The van der Waals surface area contributed by atoms with Crippen molar-refractivity contribution in [1.29, 1.82) is 0 Å². The number of ether oxygens (including phenoxy) is 1. The van der Waals surface area contributed by atoms with Gasteiger partial charge in [-0.25, -0.2) is 8.42 Å². The van der Waals surface area contributed by atoms with Gasteiger partial charge in [0, 0.05) is 24.7 Å². The SMILES string of the molecule is CCOc1ccc(NC(=O)C2CC=CCC2)cc1S(=O)(=O)N1CCCCC1. The third kappa shape index (κ3) is 4.71. The first-order valence-corrected chi connectivity index (χ1v) is 11.2. The van der Waals surface area contributed by atoms with Gasteiger partial charge in [-0.15, -0.1) is 0 Å². The van der Waals surface area contributed by atoms with Gasteiger partial charge in [0.15, 0.2) is 0 Å². The molecule has 0 radical (unpaired) electrons. The number of benzene rings is 1. The minimum atomic E-state index is -3.65. The van der Waals surface area contributed by atoms with Crippen LogP contribution in [0.2, 0.25) is 0 Å². The molecule has 1 atom stereocenters. The number of sulfonamides is 1. The summed E-state index contributed by atoms with van der Waals surface area (Å²) in [7, 11) is -3.65. The van der Waals surface area contributed by atoms with E-state index in [1.165, 1.54) is 10.4 Å². The van der Waals surface area contributed by atoms with Crippen LogP contribution in [0.3, 0.4) is 0 Å². The monoisotopic (exact) mass is 392 g/mol. The number of amides is 1. The van der Waals surface area contributed by atoms with E-state index in [-0.39, 0.29) is 16.7 Å². The molecule has 1 aliphatic carbocycles. The molecule has 1 aliphatic heterocycles. The van der Waals surface area contributed by atoms with E-state index in [1.54, 1.807) is 12.1 Å². The number of nitrogens with one attached hydrogen (secondary N) is 1. The molecule has 0 aromatic heterocycles. The molecule has 1 aromatic rings. The van der Waals surface area contributed by atoms with E-state index in [4.69, 9.17) is 4.74 Å². The number of nitrogens with zero attached hydrogens (tertiary/aromatic N) is 1. The fourth-order valence-corrected chi connectivity index (χ4v) is 5.26. The molecule has 27 heavy (non-hydrogen) atoms. The highest BCUT2D eigenvalue weighted by atomic mass is 32.2. The lowest BCUT2D eigenvalue weighted by Gasteiger charge is -2.27. The second-order valence-electron chi connectivity index (χ2n) is 7.03. The fraction of sp³-hybridized carbons (Fsp3) is 0.550. The Bertz CT molecular complexity index is 798. The standard InChI is InChI=1S/C20H28N2O4S/c1-2-26-18-12-11-17(21-20(23)16-9-5-3-6-10-16)15-19(18)27(24,25)22-13-7-4-8-14-22/h3,5,11-12,15-16H,2,4,6-10,13-14H2,1H3,(H,21,23). The first-order chi connectivity index (χ1) is 13.0. The molecule has 2 aliphatic rings. The molecule has 1 aromatic carbocycles. The van der Waals surface area contributed by atoms with Crippen molar-refractivity contribution in [1.82, 2.24) is 4.31 Å². The molecule has 1 heterocycles. The number of hydrogen-bond donors (Lipinski definition) is 1. The first-order valence-electron chi connectivity index (χ1n) is 9.75. The third-order valence-corrected chi connectivity index (χ3v) is 7.00. The van der Waals surface area contributed by atoms with Crippen LogP contribution in [0.5, 0.6) is 5.75 Å². The molecule has 0 spiro atoms. The molecule has 1 fully saturated rings. The van der Waals surface area contributed by atoms with Gasteiger partial charge < -0.3 is 10.1 Å². The highest BCUT2D eigenvalue weighted by Gasteiger charge is 2.29. The molecule has 0 saturated carbocycles. The van der Waals surface area contributed by atoms with Gasteiger partial charge in [0.25, 0.3) is 0 Å². The third-order valence-electron chi connectivity index (χ3n) is 5.08. The van der Waals surface area contributed by atoms with Crippen molar-refractivity contribution in [2.24, 2.45) is 5.92 Å². The van der Waals surface area contributed by atoms with E-state index in [9.17, 15) is 13.2 Å². The Morgan fingerprint density at radius 1 is 1.22 bits per heavy atom. The molecular weight excluding hydrogens is 364 g/mol. The smallest absolute Gasteiger partial charge is 0.246 e. The average molecular weight is 393 g/mol. The molecule has 1 saturated heterocycles. The average Bonchev–Trinajstić information content (AvgIpc) is 2.70. The first kappa shape index (κ1) is 19.9. The van der Waals surface area contributed by atoms with E-state index < -0.39 is 10.0 Å². The van der Waals surface area contributed by atoms with Crippen molar-refractivity contribution in [3.8, 4) is 5.75 Å². The van der Waals surface area contributed by atoms with Crippen molar-refractivity contribution in [2.45, 2.75) is 50.3 Å². The lowest BCUT2D eigenvalue weighted by atomic mass is 9.93. The van der Waals surface area contributed by atoms with E-state index in [0.29, 0.717) is 31.1 Å². The highest BCUT2D eigenvalue weighted by Crippen LogP contribution is 2.32. The number of anilines is 1. The van der Waals surface area contributed by atoms with Crippen molar-refractivity contribution in [3.05, 3.63) is 30.4 Å². The Hall–Kier alpha value is -1.86. The number of carbonyl (C=O) groups excluding carboxylic acids is 1. The van der Waals surface area contributed by atoms with E-state index in [1.807, 2.05) is 13.0 Å². The van der Waals surface area contributed by atoms with Gasteiger partial charge in [0.05, 0.1) is 6.61 Å². The number of hydrogen-bond acceptors (Lipinski definition) is 4. The maximum atomic E-state index is 13.1. The summed E-state index contributed by atoms with van der Waals surface area (Å²) < 4.78 is 33.4. The molecule has 3 rings (SSSR count). The zero-order chi connectivity index (χ0) is 19.3. The summed E-state index contributed by atoms with van der Waals surface area (Å²) in [6.45, 7) is 3.25. The van der Waals surface area contributed by atoms with Gasteiger partial charge in [-0.1, -0.05) is 18.6 Å². The summed E-state index contributed by atoms with van der Waals surface area (Å²) in [5.41, 5.74) is 0.494. The number of rotatable bonds is 6. The van der Waals surface area contributed by atoms with Crippen LogP contribution in [-0.4, -0.2) is 38.3 Å². The predicted octanol–water partition coefficient (Wildman–Crippen LogP) is 3.55. The summed E-state index contributed by atoms with van der Waals surface area (Å²) in [4.78, 5) is 12.6. The predicted molar refractivity (Wildman–Crippen MR) is 105 cm³/mol. The summed E-state index contributed by atoms with van der Waals surface area (Å²) >= 11 is 0. The van der Waals surface area contributed by atoms with Crippen LogP contribution in [0.25, 0.3) is 0 Å². The van der Waals surface area contributed by atoms with Crippen LogP contribution in [0.15, 0.2) is 35.2 Å². The van der Waals surface area contributed by atoms with Gasteiger partial charge in [0.1, 0.15) is 10.6 Å². The number of carbonyl (C=O) groups is 1. The fourth-order valence-electron chi connectivity index (χ4n) is 3.58. The van der Waals surface area contributed by atoms with Crippen LogP contribution in [-0.2, 0) is 14.8 Å². The molecule has 7 heteroatoms. The molecule has 0 bridgehead atoms. The number of piperidine rings is 1. The molecule has 1 unspecified atom stereocenters. The lowest BCUT2D eigenvalue weighted by Crippen LogP contribution is -2.35. The van der Waals surface area contributed by atoms with Crippen LogP contribution in [0, 0.1) is 5.92 Å². The second-order valence-corrected chi connectivity index (χ2v) is 8.94. The Kier molecular flexibility index (Phi) is 6.55. The van der Waals surface area contributed by atoms with E-state index >= 15 is 0 Å². The van der Waals surface area contributed by atoms with Gasteiger partial charge >= 0.3 is 0 Å². The van der Waals surface area contributed by atoms with Crippen LogP contribution in [0.4, 0.5) is 5.69 Å². The minimum absolute atomic E-state index is 0.0650. The molecule has 6 nitrogen and oxygen atoms in total. The van der Waals surface area contributed by atoms with Crippen molar-refractivity contribution >= 4 is 21.6 Å². The van der Waals surface area contributed by atoms with Crippen molar-refractivity contribution in [2.75, 3.05) is 25.0 Å². The number of allylic oxidation sites excluding steroid dienone is 2. The van der Waals surface area contributed by atoms with E-state index in [0.717, 1.165) is 38.5 Å². The summed E-state index contributed by atoms with van der Waals surface area (Å²) in [6.07, 6.45) is 9.35. The lowest BCUT2D eigenvalue weighted by molar-refractivity contribution is -0.120. The second kappa shape index (κ2) is 8.89. The Morgan fingerprint density at radius 2 is 2.00 bits per heavy atom. The Balaban J connectivity index is 1.86. The van der Waals surface area contributed by atoms with Gasteiger partial charge in [-0.05, 0) is 57.2 Å². The zero-order valence-corrected chi connectivity index (χ0v) is 16.6. The molecular formula is C20H28N2O4S. The zero-order valence-electron chi connectivity index (χ0n) is 15.8. The van der Waals surface area contributed by atoms with Gasteiger partial charge in [-0.3, -0.25) is 4.79 Å². The highest BCUT2D eigenvalue weighted by molar-refractivity contribution is 7.89. The summed E-state index contributed by atoms with van der Waals surface area (Å²) in [5, 5.41) is 2.89. The summed E-state index contributed by atoms with van der Waals surface area (Å²) in [6, 6.07) is 4.87. The Morgan fingerprint density at radius 3 is 2.67 bits per heavy atom. The van der Waals surface area contributed by atoms with Gasteiger partial charge in [-0.2, -0.15) is 4.31 Å². The quantitative estimate of drug-likeness (QED) is 0.751. The van der Waals surface area contributed by atoms with E-state index in [2.05, 4.69) is 11.4 Å². The van der Waals surface area contributed by atoms with Crippen LogP contribution < -0.4 is 10.1 Å². The van der Waals surface area contributed by atoms with Crippen molar-refractivity contribution < 1.29 is 17.9 Å². The van der Waals surface area contributed by atoms with Gasteiger partial charge in [0.2, 0.25) is 15.9 Å². The van der Waals surface area contributed by atoms with Crippen molar-refractivity contribution in [3.63, 3.8) is 0 Å². The van der Waals surface area contributed by atoms with Crippen LogP contribution in [0.1, 0.15) is 45.4 Å². The summed E-state index contributed by atoms with van der Waals surface area (Å²) in [5.74, 6) is 0.204. The normalized spacial score (nSPS) is 21.0. The maximum Gasteiger partial charge on any atom is 0.246 e.